The fourth-order valence-electron chi connectivity index (χ4n) is 5.67. The summed E-state index contributed by atoms with van der Waals surface area (Å²) in [6, 6.07) is 4.39. The summed E-state index contributed by atoms with van der Waals surface area (Å²) in [5.41, 5.74) is 10.6. The third kappa shape index (κ3) is 3.82. The highest BCUT2D eigenvalue weighted by Crippen LogP contribution is 2.39. The lowest BCUT2D eigenvalue weighted by Gasteiger charge is -2.13. The highest BCUT2D eigenvalue weighted by molar-refractivity contribution is 6.00. The van der Waals surface area contributed by atoms with Crippen LogP contribution < -0.4 is 0 Å². The maximum Gasteiger partial charge on any atom is 0.178 e. The number of hydrogen-bond donors (Lipinski definition) is 0. The van der Waals surface area contributed by atoms with Crippen LogP contribution in [0.15, 0.2) is 31.0 Å². The van der Waals surface area contributed by atoms with Gasteiger partial charge in [0.25, 0.3) is 0 Å². The van der Waals surface area contributed by atoms with Gasteiger partial charge in [-0.3, -0.25) is 0 Å². The molecule has 0 spiro atoms. The molecule has 0 fully saturated rings. The van der Waals surface area contributed by atoms with Crippen molar-refractivity contribution < 1.29 is 0 Å². The van der Waals surface area contributed by atoms with Gasteiger partial charge in [-0.15, -0.1) is 0 Å². The van der Waals surface area contributed by atoms with E-state index in [4.69, 9.17) is 15.1 Å². The summed E-state index contributed by atoms with van der Waals surface area (Å²) >= 11 is 0. The van der Waals surface area contributed by atoms with Crippen molar-refractivity contribution in [2.45, 2.75) is 59.3 Å². The average molecular weight is 522 g/mol. The lowest BCUT2D eigenvalue weighted by atomic mass is 9.94. The van der Waals surface area contributed by atoms with E-state index in [0.717, 1.165) is 61.6 Å². The molecule has 9 heteroatoms. The van der Waals surface area contributed by atoms with E-state index >= 15 is 0 Å². The van der Waals surface area contributed by atoms with E-state index in [2.05, 4.69) is 79.4 Å². The van der Waals surface area contributed by atoms with Gasteiger partial charge in [-0.1, -0.05) is 41.5 Å². The average Bonchev–Trinajstić information content (AvgIpc) is 3.56. The molecular weight excluding hydrogens is 486 g/mol. The molecule has 0 bridgehead atoms. The van der Waals surface area contributed by atoms with Crippen LogP contribution in [-0.2, 0) is 21.1 Å². The minimum Gasteiger partial charge on any atom is -0.335 e. The Hall–Kier alpha value is -4.14. The van der Waals surface area contributed by atoms with Crippen molar-refractivity contribution in [1.29, 1.82) is 0 Å². The van der Waals surface area contributed by atoms with Crippen LogP contribution >= 0.6 is 0 Å². The standard InChI is InChI=1S/C30H35N9/c1-15(2)18-10-21(20-12-37(7)29-24(20)25(17(5)6)31-13-32-29)35-30-23(18)26(36-39(30)9)22-11-19(16(3)4)27-28(34-22)33-14-38(27)8/h10-17H,1-9H3. The molecule has 0 aliphatic carbocycles. The predicted molar refractivity (Wildman–Crippen MR) is 156 cm³/mol. The smallest absolute Gasteiger partial charge is 0.178 e. The summed E-state index contributed by atoms with van der Waals surface area (Å²) in [5.74, 6) is 0.824. The number of pyridine rings is 2. The number of aryl methyl sites for hydroxylation is 3. The molecule has 0 saturated carbocycles. The fraction of sp³-hybridized carbons (Fsp3) is 0.400. The lowest BCUT2D eigenvalue weighted by Crippen LogP contribution is -1.99. The van der Waals surface area contributed by atoms with Gasteiger partial charge >= 0.3 is 0 Å². The number of rotatable bonds is 5. The topological polar surface area (TPSA) is 92.1 Å². The molecule has 0 radical (unpaired) electrons. The van der Waals surface area contributed by atoms with Crippen LogP contribution in [0, 0.1) is 0 Å². The number of fused-ring (bicyclic) bond motifs is 3. The predicted octanol–water partition coefficient (Wildman–Crippen LogP) is 6.24. The van der Waals surface area contributed by atoms with Gasteiger partial charge in [-0.25, -0.2) is 29.6 Å². The first kappa shape index (κ1) is 25.2. The van der Waals surface area contributed by atoms with Crippen LogP contribution in [0.5, 0.6) is 0 Å². The second kappa shape index (κ2) is 8.97. The summed E-state index contributed by atoms with van der Waals surface area (Å²) in [5, 5.41) is 7.09. The van der Waals surface area contributed by atoms with E-state index in [1.807, 2.05) is 36.7 Å². The van der Waals surface area contributed by atoms with Crippen molar-refractivity contribution >= 4 is 33.2 Å². The Bertz CT molecular complexity index is 1880. The molecule has 0 aromatic carbocycles. The lowest BCUT2D eigenvalue weighted by molar-refractivity contribution is 0.788. The Balaban J connectivity index is 1.65. The Labute approximate surface area is 228 Å². The van der Waals surface area contributed by atoms with Crippen molar-refractivity contribution in [1.82, 2.24) is 43.8 Å². The largest absolute Gasteiger partial charge is 0.335 e. The number of aromatic nitrogens is 9. The molecule has 0 saturated heterocycles. The maximum atomic E-state index is 5.21. The van der Waals surface area contributed by atoms with E-state index in [1.54, 1.807) is 6.33 Å². The first-order chi connectivity index (χ1) is 18.6. The normalized spacial score (nSPS) is 12.4. The SMILES string of the molecule is CC(C)c1ncnc2c1c(-c1cc(C(C)C)c3c(-c4cc(C(C)C)c5c(ncn5C)n4)nn(C)c3n1)cn2C. The van der Waals surface area contributed by atoms with Gasteiger partial charge < -0.3 is 9.13 Å². The van der Waals surface area contributed by atoms with Gasteiger partial charge in [-0.2, -0.15) is 5.10 Å². The molecule has 6 aromatic rings. The summed E-state index contributed by atoms with van der Waals surface area (Å²) in [7, 11) is 6.00. The van der Waals surface area contributed by atoms with Gasteiger partial charge in [0.15, 0.2) is 11.3 Å². The Kier molecular flexibility index (Phi) is 5.78. The Morgan fingerprint density at radius 3 is 2.10 bits per heavy atom. The zero-order valence-corrected chi connectivity index (χ0v) is 24.1. The van der Waals surface area contributed by atoms with E-state index in [0.29, 0.717) is 5.92 Å². The second-order valence-electron chi connectivity index (χ2n) is 11.5. The van der Waals surface area contributed by atoms with E-state index in [1.165, 1.54) is 11.1 Å². The first-order valence-corrected chi connectivity index (χ1v) is 13.6. The van der Waals surface area contributed by atoms with Crippen LogP contribution in [0.25, 0.3) is 55.9 Å². The van der Waals surface area contributed by atoms with Crippen molar-refractivity contribution in [3.8, 4) is 22.6 Å². The Morgan fingerprint density at radius 2 is 1.41 bits per heavy atom. The van der Waals surface area contributed by atoms with E-state index < -0.39 is 0 Å². The molecule has 39 heavy (non-hydrogen) atoms. The third-order valence-electron chi connectivity index (χ3n) is 7.63. The van der Waals surface area contributed by atoms with Crippen molar-refractivity contribution in [3.63, 3.8) is 0 Å². The fourth-order valence-corrected chi connectivity index (χ4v) is 5.67. The summed E-state index contributed by atoms with van der Waals surface area (Å²) in [4.78, 5) is 24.0. The van der Waals surface area contributed by atoms with Gasteiger partial charge in [0, 0.05) is 32.9 Å². The van der Waals surface area contributed by atoms with Crippen LogP contribution in [-0.4, -0.2) is 43.8 Å². The minimum atomic E-state index is 0.246. The van der Waals surface area contributed by atoms with Gasteiger partial charge in [0.05, 0.1) is 39.7 Å². The zero-order chi connectivity index (χ0) is 27.7. The molecule has 0 atom stereocenters. The molecule has 6 heterocycles. The molecule has 9 nitrogen and oxygen atoms in total. The van der Waals surface area contributed by atoms with Gasteiger partial charge in [-0.05, 0) is 41.0 Å². The van der Waals surface area contributed by atoms with E-state index in [-0.39, 0.29) is 11.8 Å². The van der Waals surface area contributed by atoms with Crippen molar-refractivity contribution in [2.24, 2.45) is 21.1 Å². The van der Waals surface area contributed by atoms with Gasteiger partial charge in [0.1, 0.15) is 17.7 Å². The number of hydrogen-bond acceptors (Lipinski definition) is 6. The van der Waals surface area contributed by atoms with E-state index in [9.17, 15) is 0 Å². The minimum absolute atomic E-state index is 0.246. The van der Waals surface area contributed by atoms with Crippen LogP contribution in [0.2, 0.25) is 0 Å². The summed E-state index contributed by atoms with van der Waals surface area (Å²) < 4.78 is 5.99. The van der Waals surface area contributed by atoms with Crippen molar-refractivity contribution in [2.75, 3.05) is 0 Å². The summed E-state index contributed by atoms with van der Waals surface area (Å²) in [6.45, 7) is 13.2. The molecular formula is C30H35N9. The van der Waals surface area contributed by atoms with Crippen LogP contribution in [0.3, 0.4) is 0 Å². The second-order valence-corrected chi connectivity index (χ2v) is 11.5. The van der Waals surface area contributed by atoms with Gasteiger partial charge in [0.2, 0.25) is 0 Å². The third-order valence-corrected chi connectivity index (χ3v) is 7.63. The first-order valence-electron chi connectivity index (χ1n) is 13.6. The highest BCUT2D eigenvalue weighted by atomic mass is 15.3. The number of imidazole rings is 1. The van der Waals surface area contributed by atoms with Crippen molar-refractivity contribution in [3.05, 3.63) is 47.8 Å². The molecule has 0 aliphatic heterocycles. The molecule has 200 valence electrons. The monoisotopic (exact) mass is 521 g/mol. The molecule has 0 amide bonds. The molecule has 0 aliphatic rings. The molecule has 6 aromatic heterocycles. The van der Waals surface area contributed by atoms with Crippen LogP contribution in [0.1, 0.15) is 76.1 Å². The molecule has 6 rings (SSSR count). The van der Waals surface area contributed by atoms with Crippen LogP contribution in [0.4, 0.5) is 0 Å². The zero-order valence-electron chi connectivity index (χ0n) is 24.1. The number of nitrogens with zero attached hydrogens (tertiary/aromatic N) is 9. The maximum absolute atomic E-state index is 5.21. The molecule has 0 unspecified atom stereocenters. The Morgan fingerprint density at radius 1 is 0.692 bits per heavy atom. The highest BCUT2D eigenvalue weighted by Gasteiger charge is 2.25. The quantitative estimate of drug-likeness (QED) is 0.267. The summed E-state index contributed by atoms with van der Waals surface area (Å²) in [6.07, 6.45) is 5.60. The molecule has 0 N–H and O–H groups in total.